The maximum Gasteiger partial charge on any atom is 0.164 e. The number of fused-ring (bicyclic) bond motifs is 1. The van der Waals surface area contributed by atoms with Crippen LogP contribution in [0.15, 0.2) is 35.8 Å². The van der Waals surface area contributed by atoms with E-state index >= 15 is 0 Å². The number of pyridine rings is 2. The van der Waals surface area contributed by atoms with Gasteiger partial charge in [0.15, 0.2) is 11.5 Å². The average Bonchev–Trinajstić information content (AvgIpc) is 3.19. The van der Waals surface area contributed by atoms with Crippen molar-refractivity contribution in [2.45, 2.75) is 25.3 Å². The third-order valence-corrected chi connectivity index (χ3v) is 4.21. The summed E-state index contributed by atoms with van der Waals surface area (Å²) in [6.07, 6.45) is 6.77. The SMILES string of the molecule is CC1(Nc2cc(-n3ncc4cc(C#N)cnc43)ncc2N=[N+]=[N-])CC1. The van der Waals surface area contributed by atoms with Crippen LogP contribution in [-0.2, 0) is 0 Å². The van der Waals surface area contributed by atoms with Crippen molar-refractivity contribution in [2.75, 3.05) is 5.32 Å². The van der Waals surface area contributed by atoms with E-state index in [-0.39, 0.29) is 5.54 Å². The van der Waals surface area contributed by atoms with Gasteiger partial charge in [-0.15, -0.1) is 0 Å². The lowest BCUT2D eigenvalue weighted by molar-refractivity contribution is 0.823. The largest absolute Gasteiger partial charge is 0.379 e. The number of hydrogen-bond acceptors (Lipinski definition) is 6. The second-order valence-electron chi connectivity index (χ2n) is 6.24. The Bertz CT molecular complexity index is 1060. The van der Waals surface area contributed by atoms with Gasteiger partial charge in [-0.25, -0.2) is 9.97 Å². The molecule has 0 amide bonds. The van der Waals surface area contributed by atoms with Crippen molar-refractivity contribution < 1.29 is 0 Å². The van der Waals surface area contributed by atoms with Crippen LogP contribution in [0, 0.1) is 11.3 Å². The summed E-state index contributed by atoms with van der Waals surface area (Å²) in [4.78, 5) is 11.5. The summed E-state index contributed by atoms with van der Waals surface area (Å²) in [7, 11) is 0. The van der Waals surface area contributed by atoms with Gasteiger partial charge < -0.3 is 5.32 Å². The van der Waals surface area contributed by atoms with Crippen LogP contribution in [-0.4, -0.2) is 25.3 Å². The van der Waals surface area contributed by atoms with E-state index in [9.17, 15) is 0 Å². The molecule has 0 bridgehead atoms. The maximum absolute atomic E-state index is 8.97. The van der Waals surface area contributed by atoms with Crippen molar-refractivity contribution in [1.82, 2.24) is 19.7 Å². The molecule has 3 aromatic heterocycles. The van der Waals surface area contributed by atoms with E-state index in [0.717, 1.165) is 18.2 Å². The highest BCUT2D eigenvalue weighted by atomic mass is 15.3. The standard InChI is InChI=1S/C16H13N9/c1-16(2-3-16)22-12-5-14(19-9-13(12)23-24-18)25-15-11(8-21-25)4-10(6-17)7-20-15/h4-5,7-9H,2-3H2,1H3,(H,19,22). The first-order chi connectivity index (χ1) is 12.1. The summed E-state index contributed by atoms with van der Waals surface area (Å²) in [5.74, 6) is 0.552. The van der Waals surface area contributed by atoms with Gasteiger partial charge in [0.05, 0.1) is 17.4 Å². The van der Waals surface area contributed by atoms with E-state index < -0.39 is 0 Å². The monoisotopic (exact) mass is 331 g/mol. The molecule has 0 aromatic carbocycles. The van der Waals surface area contributed by atoms with Gasteiger partial charge in [0.1, 0.15) is 6.07 Å². The molecule has 0 spiro atoms. The van der Waals surface area contributed by atoms with Crippen LogP contribution in [0.2, 0.25) is 0 Å². The third kappa shape index (κ3) is 2.71. The topological polar surface area (TPSA) is 128 Å². The van der Waals surface area contributed by atoms with Crippen molar-refractivity contribution in [3.05, 3.63) is 46.7 Å². The molecular weight excluding hydrogens is 318 g/mol. The molecule has 9 nitrogen and oxygen atoms in total. The van der Waals surface area contributed by atoms with Crippen LogP contribution in [0.5, 0.6) is 0 Å². The lowest BCUT2D eigenvalue weighted by Crippen LogP contribution is -2.16. The van der Waals surface area contributed by atoms with Crippen LogP contribution in [0.4, 0.5) is 11.4 Å². The van der Waals surface area contributed by atoms with Crippen molar-refractivity contribution in [3.63, 3.8) is 0 Å². The first kappa shape index (κ1) is 14.9. The molecule has 4 rings (SSSR count). The zero-order chi connectivity index (χ0) is 17.4. The number of nitriles is 1. The molecule has 1 aliphatic carbocycles. The fourth-order valence-corrected chi connectivity index (χ4v) is 2.57. The van der Waals surface area contributed by atoms with E-state index in [2.05, 4.69) is 43.4 Å². The molecule has 25 heavy (non-hydrogen) atoms. The first-order valence-corrected chi connectivity index (χ1v) is 7.69. The molecule has 1 aliphatic rings. The molecular formula is C16H13N9. The fraction of sp³-hybridized carbons (Fsp3) is 0.250. The van der Waals surface area contributed by atoms with Crippen LogP contribution < -0.4 is 5.32 Å². The third-order valence-electron chi connectivity index (χ3n) is 4.21. The highest BCUT2D eigenvalue weighted by Gasteiger charge is 2.37. The number of anilines is 1. The highest BCUT2D eigenvalue weighted by molar-refractivity contribution is 5.78. The second kappa shape index (κ2) is 5.47. The molecule has 9 heteroatoms. The van der Waals surface area contributed by atoms with Crippen molar-refractivity contribution in [1.29, 1.82) is 5.26 Å². The van der Waals surface area contributed by atoms with Gasteiger partial charge in [-0.05, 0) is 31.4 Å². The number of rotatable bonds is 4. The molecule has 3 aromatic rings. The number of aromatic nitrogens is 4. The highest BCUT2D eigenvalue weighted by Crippen LogP contribution is 2.40. The zero-order valence-corrected chi connectivity index (χ0v) is 13.4. The molecule has 0 saturated heterocycles. The Kier molecular flexibility index (Phi) is 3.27. The lowest BCUT2D eigenvalue weighted by atomic mass is 10.2. The Hall–Kier alpha value is -3.63. The van der Waals surface area contributed by atoms with E-state index in [1.54, 1.807) is 23.0 Å². The van der Waals surface area contributed by atoms with Gasteiger partial charge >= 0.3 is 0 Å². The molecule has 0 radical (unpaired) electrons. The van der Waals surface area contributed by atoms with Gasteiger partial charge in [-0.2, -0.15) is 15.0 Å². The Morgan fingerprint density at radius 2 is 2.16 bits per heavy atom. The Morgan fingerprint density at radius 3 is 2.88 bits per heavy atom. The Labute approximate surface area is 142 Å². The summed E-state index contributed by atoms with van der Waals surface area (Å²) < 4.78 is 1.59. The van der Waals surface area contributed by atoms with Gasteiger partial charge in [-0.1, -0.05) is 5.11 Å². The molecule has 0 atom stereocenters. The number of azide groups is 1. The van der Waals surface area contributed by atoms with Crippen molar-refractivity contribution >= 4 is 22.4 Å². The van der Waals surface area contributed by atoms with Crippen molar-refractivity contribution in [3.8, 4) is 11.9 Å². The molecule has 1 saturated carbocycles. The second-order valence-corrected chi connectivity index (χ2v) is 6.24. The zero-order valence-electron chi connectivity index (χ0n) is 13.4. The molecule has 0 aliphatic heterocycles. The molecule has 0 unspecified atom stereocenters. The quantitative estimate of drug-likeness (QED) is 0.443. The van der Waals surface area contributed by atoms with E-state index in [4.69, 9.17) is 10.8 Å². The van der Waals surface area contributed by atoms with E-state index in [1.807, 2.05) is 0 Å². The van der Waals surface area contributed by atoms with Gasteiger partial charge in [-0.3, -0.25) is 0 Å². The molecule has 122 valence electrons. The molecule has 1 fully saturated rings. The predicted molar refractivity (Wildman–Crippen MR) is 91.4 cm³/mol. The van der Waals surface area contributed by atoms with Crippen LogP contribution >= 0.6 is 0 Å². The predicted octanol–water partition coefficient (Wildman–Crippen LogP) is 3.59. The van der Waals surface area contributed by atoms with E-state index in [1.165, 1.54) is 12.4 Å². The normalized spacial score (nSPS) is 14.6. The first-order valence-electron chi connectivity index (χ1n) is 7.69. The minimum Gasteiger partial charge on any atom is -0.379 e. The van der Waals surface area contributed by atoms with Gasteiger partial charge in [0.2, 0.25) is 0 Å². The van der Waals surface area contributed by atoms with Crippen LogP contribution in [0.25, 0.3) is 27.3 Å². The number of nitrogens with one attached hydrogen (secondary N) is 1. The Morgan fingerprint density at radius 1 is 1.32 bits per heavy atom. The number of hydrogen-bond donors (Lipinski definition) is 1. The van der Waals surface area contributed by atoms with Crippen LogP contribution in [0.3, 0.4) is 0 Å². The van der Waals surface area contributed by atoms with Gasteiger partial charge in [0.25, 0.3) is 0 Å². The summed E-state index contributed by atoms with van der Waals surface area (Å²) in [5, 5.41) is 21.2. The smallest absolute Gasteiger partial charge is 0.164 e. The van der Waals surface area contributed by atoms with Gasteiger partial charge in [0, 0.05) is 40.0 Å². The maximum atomic E-state index is 8.97. The van der Waals surface area contributed by atoms with E-state index in [0.29, 0.717) is 28.4 Å². The molecule has 3 heterocycles. The molecule has 1 N–H and O–H groups in total. The Balaban J connectivity index is 1.81. The summed E-state index contributed by atoms with van der Waals surface area (Å²) in [6.45, 7) is 2.11. The lowest BCUT2D eigenvalue weighted by Gasteiger charge is -2.16. The summed E-state index contributed by atoms with van der Waals surface area (Å²) in [6, 6.07) is 5.58. The van der Waals surface area contributed by atoms with Crippen molar-refractivity contribution in [2.24, 2.45) is 5.11 Å². The summed E-state index contributed by atoms with van der Waals surface area (Å²) >= 11 is 0. The summed E-state index contributed by atoms with van der Waals surface area (Å²) in [5.41, 5.74) is 11.0. The minimum atomic E-state index is 0.0183. The fourth-order valence-electron chi connectivity index (χ4n) is 2.57. The average molecular weight is 331 g/mol. The number of nitrogens with zero attached hydrogens (tertiary/aromatic N) is 8. The van der Waals surface area contributed by atoms with Crippen LogP contribution in [0.1, 0.15) is 25.3 Å². The minimum absolute atomic E-state index is 0.0183.